The molecule has 3 aromatic carbocycles. The summed E-state index contributed by atoms with van der Waals surface area (Å²) in [6.07, 6.45) is 0. The Hall–Kier alpha value is -2.13. The van der Waals surface area contributed by atoms with E-state index >= 15 is 0 Å². The number of nitroso groups, excluding NO2 is 1. The first-order chi connectivity index (χ1) is 17.6. The molecule has 0 N–H and O–H groups in total. The summed E-state index contributed by atoms with van der Waals surface area (Å²) >= 11 is 0. The summed E-state index contributed by atoms with van der Waals surface area (Å²) < 4.78 is 0. The molecule has 0 atom stereocenters. The number of hydrogen-bond donors (Lipinski definition) is 0. The van der Waals surface area contributed by atoms with Crippen molar-refractivity contribution in [3.63, 3.8) is 0 Å². The van der Waals surface area contributed by atoms with E-state index < -0.39 is 7.92 Å². The predicted molar refractivity (Wildman–Crippen MR) is 163 cm³/mol. The Balaban J connectivity index is 0.000000609. The summed E-state index contributed by atoms with van der Waals surface area (Å²) in [5.74, 6) is 7.34. The molecule has 0 saturated heterocycles. The molecule has 1 fully saturated rings. The summed E-state index contributed by atoms with van der Waals surface area (Å²) in [6.45, 7) is 23.1. The Bertz CT molecular complexity index is 912. The standard InChI is InChI=1S/C18H15P.C10H15.C5H9N.NO.W/c1-4-10-16(11-5-1)19(17-12-6-2-7-13-17)18-14-8-3-9-15-18;1-6-7(2)9(4)10(5)8(6)3;1-5(2,3)6-4;1-2;/h1-15H;1-5H3;1-3H3;;/q;;;-1;+2. The van der Waals surface area contributed by atoms with Gasteiger partial charge in [-0.15, -0.1) is 0 Å². The van der Waals surface area contributed by atoms with Gasteiger partial charge in [0, 0.05) is 20.8 Å². The van der Waals surface area contributed by atoms with Gasteiger partial charge in [0.2, 0.25) is 5.54 Å². The zero-order valence-electron chi connectivity index (χ0n) is 23.8. The molecular weight excluding hydrogens is 655 g/mol. The van der Waals surface area contributed by atoms with Gasteiger partial charge in [0.15, 0.2) is 0 Å². The average molecular weight is 695 g/mol. The second-order valence-electron chi connectivity index (χ2n) is 9.75. The van der Waals surface area contributed by atoms with E-state index in [1.807, 2.05) is 20.8 Å². The Kier molecular flexibility index (Phi) is 17.2. The van der Waals surface area contributed by atoms with Crippen LogP contribution in [0.2, 0.25) is 0 Å². The van der Waals surface area contributed by atoms with E-state index in [1.165, 1.54) is 45.5 Å². The Morgan fingerprint density at radius 1 is 0.553 bits per heavy atom. The molecule has 1 aliphatic rings. The molecule has 0 aliphatic heterocycles. The SMILES string of the molecule is C[C]1[C](C)[C](C)[C](C)[C]1C.[C-]#[N+]C(C)(C)C.[N-]=O.[W+2].c1ccc(P(c2ccccc2)c2ccccc2)cc1. The molecule has 0 heterocycles. The minimum atomic E-state index is -0.446. The fraction of sp³-hybridized carbons (Fsp3) is 0.273. The minimum absolute atomic E-state index is 0. The zero-order valence-corrected chi connectivity index (χ0v) is 27.6. The molecule has 3 aromatic rings. The zero-order chi connectivity index (χ0) is 28.0. The van der Waals surface area contributed by atoms with Crippen molar-refractivity contribution >= 4 is 23.8 Å². The van der Waals surface area contributed by atoms with E-state index in [2.05, 4.69) is 130 Å². The van der Waals surface area contributed by atoms with Gasteiger partial charge in [-0.1, -0.05) is 126 Å². The monoisotopic (exact) mass is 694 g/mol. The molecule has 38 heavy (non-hydrogen) atoms. The third-order valence-electron chi connectivity index (χ3n) is 6.19. The van der Waals surface area contributed by atoms with Crippen LogP contribution in [-0.4, -0.2) is 5.54 Å². The maximum absolute atomic E-state index is 7.25. The van der Waals surface area contributed by atoms with Crippen LogP contribution in [0.4, 0.5) is 0 Å². The fourth-order valence-electron chi connectivity index (χ4n) is 3.58. The van der Waals surface area contributed by atoms with Crippen molar-refractivity contribution in [1.29, 1.82) is 0 Å². The largest absolute Gasteiger partial charge is 2.00 e. The summed E-state index contributed by atoms with van der Waals surface area (Å²) in [7, 11) is -0.446. The average Bonchev–Trinajstić information content (AvgIpc) is 3.09. The minimum Gasteiger partial charge on any atom is -0.577 e. The molecule has 0 bridgehead atoms. The van der Waals surface area contributed by atoms with Gasteiger partial charge >= 0.3 is 21.1 Å². The van der Waals surface area contributed by atoms with Crippen LogP contribution in [0.5, 0.6) is 0 Å². The van der Waals surface area contributed by atoms with Crippen LogP contribution in [0.25, 0.3) is 10.4 Å². The maximum Gasteiger partial charge on any atom is 2.00 e. The molecule has 5 radical (unpaired) electrons. The molecule has 1 aliphatic carbocycles. The summed E-state index contributed by atoms with van der Waals surface area (Å²) in [5, 5.41) is 4.19. The first-order valence-electron chi connectivity index (χ1n) is 12.3. The molecule has 197 valence electrons. The van der Waals surface area contributed by atoms with Gasteiger partial charge in [-0.2, -0.15) is 0 Å². The third-order valence-corrected chi connectivity index (χ3v) is 8.63. The molecule has 5 heteroatoms. The number of benzene rings is 3. The van der Waals surface area contributed by atoms with Gasteiger partial charge in [-0.25, -0.2) is 6.57 Å². The third kappa shape index (κ3) is 11.3. The van der Waals surface area contributed by atoms with Crippen LogP contribution >= 0.6 is 7.92 Å². The molecule has 0 unspecified atom stereocenters. The van der Waals surface area contributed by atoms with E-state index in [0.717, 1.165) is 0 Å². The van der Waals surface area contributed by atoms with Crippen molar-refractivity contribution in [2.75, 3.05) is 0 Å². The van der Waals surface area contributed by atoms with E-state index in [-0.39, 0.29) is 26.6 Å². The Labute approximate surface area is 247 Å². The Morgan fingerprint density at radius 2 is 0.737 bits per heavy atom. The summed E-state index contributed by atoms with van der Waals surface area (Å²) in [5.41, 5.74) is 5.58. The summed E-state index contributed by atoms with van der Waals surface area (Å²) in [4.78, 5) is 10.5. The van der Waals surface area contributed by atoms with Gasteiger partial charge < -0.3 is 15.3 Å². The van der Waals surface area contributed by atoms with Gasteiger partial charge in [-0.05, 0) is 53.4 Å². The normalized spacial score (nSPS) is 14.5. The molecule has 0 amide bonds. The van der Waals surface area contributed by atoms with Crippen LogP contribution < -0.4 is 15.9 Å². The van der Waals surface area contributed by atoms with Crippen LogP contribution in [0.15, 0.2) is 91.0 Å². The van der Waals surface area contributed by atoms with E-state index in [0.29, 0.717) is 0 Å². The van der Waals surface area contributed by atoms with Gasteiger partial charge in [0.05, 0.1) is 0 Å². The van der Waals surface area contributed by atoms with Crippen molar-refractivity contribution in [1.82, 2.24) is 0 Å². The predicted octanol–water partition coefficient (Wildman–Crippen LogP) is 8.44. The molecular formula is C33H39N2OPW+. The molecule has 0 spiro atoms. The van der Waals surface area contributed by atoms with E-state index in [9.17, 15) is 0 Å². The smallest absolute Gasteiger partial charge is 0.577 e. The number of hydrogen-bond acceptors (Lipinski definition) is 1. The summed E-state index contributed by atoms with van der Waals surface area (Å²) in [6, 6.07) is 32.3. The molecule has 3 nitrogen and oxygen atoms in total. The van der Waals surface area contributed by atoms with Crippen LogP contribution in [-0.2, 0) is 21.1 Å². The van der Waals surface area contributed by atoms with Crippen LogP contribution in [0.3, 0.4) is 0 Å². The quantitative estimate of drug-likeness (QED) is 0.201. The Morgan fingerprint density at radius 3 is 0.895 bits per heavy atom. The maximum atomic E-state index is 7.25. The number of nitrogens with zero attached hydrogens (tertiary/aromatic N) is 2. The molecule has 1 saturated carbocycles. The van der Waals surface area contributed by atoms with Gasteiger partial charge in [0.1, 0.15) is 0 Å². The van der Waals surface area contributed by atoms with Crippen LogP contribution in [0, 0.1) is 41.1 Å². The first kappa shape index (κ1) is 35.9. The van der Waals surface area contributed by atoms with Crippen molar-refractivity contribution in [3.8, 4) is 0 Å². The number of rotatable bonds is 3. The van der Waals surface area contributed by atoms with Crippen molar-refractivity contribution < 1.29 is 21.1 Å². The van der Waals surface area contributed by atoms with E-state index in [1.54, 1.807) is 0 Å². The van der Waals surface area contributed by atoms with Gasteiger partial charge in [0.25, 0.3) is 0 Å². The van der Waals surface area contributed by atoms with Crippen molar-refractivity contribution in [2.24, 2.45) is 0 Å². The molecule has 0 aromatic heterocycles. The van der Waals surface area contributed by atoms with Crippen LogP contribution in [0.1, 0.15) is 55.4 Å². The van der Waals surface area contributed by atoms with E-state index in [4.69, 9.17) is 17.1 Å². The fourth-order valence-corrected chi connectivity index (χ4v) is 5.89. The molecule has 4 rings (SSSR count). The second kappa shape index (κ2) is 18.2. The van der Waals surface area contributed by atoms with Crippen molar-refractivity contribution in [2.45, 2.75) is 60.9 Å². The van der Waals surface area contributed by atoms with Gasteiger partial charge in [-0.3, -0.25) is 0 Å². The topological polar surface area (TPSA) is 43.7 Å². The first-order valence-corrected chi connectivity index (χ1v) is 13.6. The van der Waals surface area contributed by atoms with Crippen molar-refractivity contribution in [3.05, 3.63) is 143 Å². The second-order valence-corrected chi connectivity index (χ2v) is 12.0.